The second kappa shape index (κ2) is 4.85. The molecular weight excluding hydrogens is 251 g/mol. The van der Waals surface area contributed by atoms with Crippen LogP contribution in [0.3, 0.4) is 0 Å². The van der Waals surface area contributed by atoms with E-state index in [-0.39, 0.29) is 5.69 Å². The highest BCUT2D eigenvalue weighted by Gasteiger charge is 2.12. The topological polar surface area (TPSA) is 29.3 Å². The molecule has 0 aliphatic carbocycles. The van der Waals surface area contributed by atoms with Gasteiger partial charge >= 0.3 is 0 Å². The van der Waals surface area contributed by atoms with Gasteiger partial charge in [0.2, 0.25) is 0 Å². The minimum atomic E-state index is -0.394. The van der Waals surface area contributed by atoms with E-state index in [0.29, 0.717) is 5.69 Å². The van der Waals surface area contributed by atoms with Gasteiger partial charge in [-0.15, -0.1) is 0 Å². The Morgan fingerprint density at radius 1 is 0.850 bits per heavy atom. The van der Waals surface area contributed by atoms with E-state index in [1.165, 1.54) is 6.07 Å². The Balaban J connectivity index is 2.18. The summed E-state index contributed by atoms with van der Waals surface area (Å²) in [5, 5.41) is 2.26. The maximum atomic E-state index is 13.6. The summed E-state index contributed by atoms with van der Waals surface area (Å²) in [6, 6.07) is 19.0. The SMILES string of the molecule is CN(c1cccc(F)c1N)c1cccc2ccccc12. The van der Waals surface area contributed by atoms with E-state index in [2.05, 4.69) is 18.2 Å². The van der Waals surface area contributed by atoms with Crippen LogP contribution in [0.2, 0.25) is 0 Å². The molecule has 0 heterocycles. The molecule has 2 nitrogen and oxygen atoms in total. The first-order valence-corrected chi connectivity index (χ1v) is 6.44. The molecule has 0 atom stereocenters. The van der Waals surface area contributed by atoms with Crippen molar-refractivity contribution in [2.45, 2.75) is 0 Å². The van der Waals surface area contributed by atoms with Gasteiger partial charge in [-0.05, 0) is 23.6 Å². The summed E-state index contributed by atoms with van der Waals surface area (Å²) in [6.45, 7) is 0. The van der Waals surface area contributed by atoms with Crippen LogP contribution < -0.4 is 10.6 Å². The Labute approximate surface area is 117 Å². The number of rotatable bonds is 2. The molecule has 3 rings (SSSR count). The third-order valence-corrected chi connectivity index (χ3v) is 3.52. The molecule has 3 aromatic rings. The van der Waals surface area contributed by atoms with Gasteiger partial charge in [0.15, 0.2) is 0 Å². The molecule has 20 heavy (non-hydrogen) atoms. The van der Waals surface area contributed by atoms with Crippen LogP contribution >= 0.6 is 0 Å². The lowest BCUT2D eigenvalue weighted by Gasteiger charge is -2.23. The van der Waals surface area contributed by atoms with E-state index in [1.807, 2.05) is 42.3 Å². The van der Waals surface area contributed by atoms with Crippen molar-refractivity contribution in [1.29, 1.82) is 0 Å². The van der Waals surface area contributed by atoms with Crippen LogP contribution in [-0.4, -0.2) is 7.05 Å². The van der Waals surface area contributed by atoms with Crippen LogP contribution in [0.1, 0.15) is 0 Å². The van der Waals surface area contributed by atoms with E-state index in [0.717, 1.165) is 16.5 Å². The first-order chi connectivity index (χ1) is 9.68. The number of hydrogen-bond donors (Lipinski definition) is 1. The van der Waals surface area contributed by atoms with Gasteiger partial charge in [-0.1, -0.05) is 42.5 Å². The molecule has 0 aliphatic heterocycles. The molecular formula is C17H15FN2. The Kier molecular flexibility index (Phi) is 3.03. The van der Waals surface area contributed by atoms with Gasteiger partial charge in [0.25, 0.3) is 0 Å². The second-order valence-corrected chi connectivity index (χ2v) is 4.73. The van der Waals surface area contributed by atoms with E-state index in [4.69, 9.17) is 5.73 Å². The molecule has 3 heteroatoms. The lowest BCUT2D eigenvalue weighted by molar-refractivity contribution is 0.632. The van der Waals surface area contributed by atoms with E-state index in [9.17, 15) is 4.39 Å². The molecule has 0 aliphatic rings. The summed E-state index contributed by atoms with van der Waals surface area (Å²) in [6.07, 6.45) is 0. The highest BCUT2D eigenvalue weighted by molar-refractivity contribution is 5.96. The van der Waals surface area contributed by atoms with E-state index < -0.39 is 5.82 Å². The van der Waals surface area contributed by atoms with Crippen LogP contribution in [0, 0.1) is 5.82 Å². The Hall–Kier alpha value is -2.55. The molecule has 0 bridgehead atoms. The van der Waals surface area contributed by atoms with Gasteiger partial charge in [0.05, 0.1) is 11.4 Å². The minimum absolute atomic E-state index is 0.169. The lowest BCUT2D eigenvalue weighted by Crippen LogP contribution is -2.12. The first kappa shape index (κ1) is 12.5. The number of hydrogen-bond acceptors (Lipinski definition) is 2. The summed E-state index contributed by atoms with van der Waals surface area (Å²) in [4.78, 5) is 1.92. The van der Waals surface area contributed by atoms with Gasteiger partial charge in [-0.3, -0.25) is 0 Å². The van der Waals surface area contributed by atoms with Crippen LogP contribution in [0.4, 0.5) is 21.5 Å². The molecule has 3 aromatic carbocycles. The highest BCUT2D eigenvalue weighted by Crippen LogP contribution is 2.34. The Morgan fingerprint density at radius 2 is 1.50 bits per heavy atom. The maximum absolute atomic E-state index is 13.6. The molecule has 0 fully saturated rings. The number of fused-ring (bicyclic) bond motifs is 1. The summed E-state index contributed by atoms with van der Waals surface area (Å²) in [7, 11) is 1.90. The van der Waals surface area contributed by atoms with Crippen LogP contribution in [0.5, 0.6) is 0 Å². The predicted octanol–water partition coefficient (Wildman–Crippen LogP) is 4.33. The molecule has 0 saturated carbocycles. The van der Waals surface area contributed by atoms with Crippen molar-refractivity contribution in [3.63, 3.8) is 0 Å². The first-order valence-electron chi connectivity index (χ1n) is 6.44. The number of benzene rings is 3. The number of nitrogens with two attached hydrogens (primary N) is 1. The predicted molar refractivity (Wildman–Crippen MR) is 82.8 cm³/mol. The van der Waals surface area contributed by atoms with Gasteiger partial charge < -0.3 is 10.6 Å². The average Bonchev–Trinajstić information content (AvgIpc) is 2.49. The normalized spacial score (nSPS) is 10.7. The van der Waals surface area contributed by atoms with Gasteiger partial charge in [0, 0.05) is 18.1 Å². The summed E-state index contributed by atoms with van der Waals surface area (Å²) in [5.41, 5.74) is 7.69. The zero-order chi connectivity index (χ0) is 14.1. The monoisotopic (exact) mass is 266 g/mol. The third-order valence-electron chi connectivity index (χ3n) is 3.52. The smallest absolute Gasteiger partial charge is 0.148 e. The van der Waals surface area contributed by atoms with Crippen molar-refractivity contribution >= 4 is 27.8 Å². The number of nitrogen functional groups attached to an aromatic ring is 1. The average molecular weight is 266 g/mol. The molecule has 2 N–H and O–H groups in total. The molecule has 0 unspecified atom stereocenters. The Bertz CT molecular complexity index is 763. The summed E-state index contributed by atoms with van der Waals surface area (Å²) in [5.74, 6) is -0.394. The lowest BCUT2D eigenvalue weighted by atomic mass is 10.1. The minimum Gasteiger partial charge on any atom is -0.395 e. The van der Waals surface area contributed by atoms with Gasteiger partial charge in [0.1, 0.15) is 5.82 Å². The van der Waals surface area contributed by atoms with Gasteiger partial charge in [-0.25, -0.2) is 4.39 Å². The summed E-state index contributed by atoms with van der Waals surface area (Å²) < 4.78 is 13.6. The standard InChI is InChI=1S/C17H15FN2/c1-20(16-11-5-9-14(18)17(16)19)15-10-4-7-12-6-2-3-8-13(12)15/h2-11H,19H2,1H3. The number of nitrogens with zero attached hydrogens (tertiary/aromatic N) is 1. The molecule has 0 radical (unpaired) electrons. The van der Waals surface area contributed by atoms with E-state index >= 15 is 0 Å². The third kappa shape index (κ3) is 1.97. The van der Waals surface area contributed by atoms with Crippen molar-refractivity contribution in [2.24, 2.45) is 0 Å². The number of halogens is 1. The number of anilines is 3. The molecule has 0 spiro atoms. The molecule has 100 valence electrons. The second-order valence-electron chi connectivity index (χ2n) is 4.73. The Morgan fingerprint density at radius 3 is 2.35 bits per heavy atom. The fraction of sp³-hybridized carbons (Fsp3) is 0.0588. The molecule has 0 aromatic heterocycles. The van der Waals surface area contributed by atoms with Crippen molar-refractivity contribution in [1.82, 2.24) is 0 Å². The fourth-order valence-electron chi connectivity index (χ4n) is 2.45. The largest absolute Gasteiger partial charge is 0.395 e. The van der Waals surface area contributed by atoms with Crippen LogP contribution in [0.15, 0.2) is 60.7 Å². The van der Waals surface area contributed by atoms with E-state index in [1.54, 1.807) is 6.07 Å². The number of para-hydroxylation sites is 1. The van der Waals surface area contributed by atoms with Crippen molar-refractivity contribution in [3.05, 3.63) is 66.5 Å². The quantitative estimate of drug-likeness (QED) is 0.699. The van der Waals surface area contributed by atoms with Gasteiger partial charge in [-0.2, -0.15) is 0 Å². The zero-order valence-electron chi connectivity index (χ0n) is 11.2. The van der Waals surface area contributed by atoms with Crippen molar-refractivity contribution in [3.8, 4) is 0 Å². The zero-order valence-corrected chi connectivity index (χ0v) is 11.2. The summed E-state index contributed by atoms with van der Waals surface area (Å²) >= 11 is 0. The molecule has 0 saturated heterocycles. The molecule has 0 amide bonds. The fourth-order valence-corrected chi connectivity index (χ4v) is 2.45. The highest BCUT2D eigenvalue weighted by atomic mass is 19.1. The van der Waals surface area contributed by atoms with Crippen molar-refractivity contribution in [2.75, 3.05) is 17.7 Å². The van der Waals surface area contributed by atoms with Crippen LogP contribution in [-0.2, 0) is 0 Å². The van der Waals surface area contributed by atoms with Crippen LogP contribution in [0.25, 0.3) is 10.8 Å². The maximum Gasteiger partial charge on any atom is 0.148 e. The van der Waals surface area contributed by atoms with Crippen molar-refractivity contribution < 1.29 is 4.39 Å².